The third-order valence-electron chi connectivity index (χ3n) is 5.37. The normalized spacial score (nSPS) is 11.6. The summed E-state index contributed by atoms with van der Waals surface area (Å²) in [5.74, 6) is 0.502. The molecule has 3 aromatic carbocycles. The minimum Gasteiger partial charge on any atom is -0.324 e. The van der Waals surface area contributed by atoms with Crippen molar-refractivity contribution in [3.05, 3.63) is 89.5 Å². The second-order valence-corrected chi connectivity index (χ2v) is 8.99. The van der Waals surface area contributed by atoms with Gasteiger partial charge in [0.25, 0.3) is 0 Å². The summed E-state index contributed by atoms with van der Waals surface area (Å²) in [7, 11) is 0. The first-order valence-electron chi connectivity index (χ1n) is 10.5. The van der Waals surface area contributed by atoms with E-state index in [0.717, 1.165) is 16.8 Å². The van der Waals surface area contributed by atoms with E-state index in [1.165, 1.54) is 17.3 Å². The summed E-state index contributed by atoms with van der Waals surface area (Å²) in [6.45, 7) is 5.96. The second-order valence-electron chi connectivity index (χ2n) is 7.68. The highest BCUT2D eigenvalue weighted by molar-refractivity contribution is 8.00. The average molecular weight is 454 g/mol. The van der Waals surface area contributed by atoms with Crippen LogP contribution in [0.15, 0.2) is 78.0 Å². The molecule has 1 heterocycles. The lowest BCUT2D eigenvalue weighted by Crippen LogP contribution is -2.23. The first-order chi connectivity index (χ1) is 16.0. The number of thioether (sulfide) groups is 1. The number of rotatable bonds is 6. The Morgan fingerprint density at radius 2 is 1.73 bits per heavy atom. The van der Waals surface area contributed by atoms with Crippen LogP contribution in [0.3, 0.4) is 0 Å². The van der Waals surface area contributed by atoms with Gasteiger partial charge in [0.1, 0.15) is 6.07 Å². The van der Waals surface area contributed by atoms with Crippen LogP contribution >= 0.6 is 11.8 Å². The summed E-state index contributed by atoms with van der Waals surface area (Å²) < 4.78 is 1.99. The van der Waals surface area contributed by atoms with E-state index in [4.69, 9.17) is 0 Å². The molecule has 4 rings (SSSR count). The van der Waals surface area contributed by atoms with Gasteiger partial charge in [-0.2, -0.15) is 5.26 Å². The van der Waals surface area contributed by atoms with Crippen LogP contribution in [-0.4, -0.2) is 25.9 Å². The molecule has 0 spiro atoms. The van der Waals surface area contributed by atoms with E-state index >= 15 is 0 Å². The Morgan fingerprint density at radius 1 is 1.00 bits per heavy atom. The maximum absolute atomic E-state index is 12.9. The van der Waals surface area contributed by atoms with Crippen molar-refractivity contribution in [2.45, 2.75) is 31.2 Å². The summed E-state index contributed by atoms with van der Waals surface area (Å²) in [6, 6.07) is 25.1. The highest BCUT2D eigenvalue weighted by Gasteiger charge is 2.22. The number of anilines is 1. The molecule has 0 aliphatic heterocycles. The predicted octanol–water partition coefficient (Wildman–Crippen LogP) is 5.54. The predicted molar refractivity (Wildman–Crippen MR) is 131 cm³/mol. The largest absolute Gasteiger partial charge is 0.324 e. The molecule has 33 heavy (non-hydrogen) atoms. The molecule has 7 heteroatoms. The maximum atomic E-state index is 12.9. The van der Waals surface area contributed by atoms with Gasteiger partial charge in [0, 0.05) is 5.56 Å². The molecule has 1 aromatic heterocycles. The Kier molecular flexibility index (Phi) is 6.57. The zero-order chi connectivity index (χ0) is 23.4. The lowest BCUT2D eigenvalue weighted by Gasteiger charge is -2.15. The van der Waals surface area contributed by atoms with E-state index in [1.54, 1.807) is 24.3 Å². The highest BCUT2D eigenvalue weighted by Crippen LogP contribution is 2.31. The Hall–Kier alpha value is -3.89. The lowest BCUT2D eigenvalue weighted by molar-refractivity contribution is -0.115. The van der Waals surface area contributed by atoms with E-state index in [0.29, 0.717) is 22.2 Å². The first-order valence-corrected chi connectivity index (χ1v) is 11.4. The molecule has 6 nitrogen and oxygen atoms in total. The molecule has 0 radical (unpaired) electrons. The molecule has 0 aliphatic rings. The van der Waals surface area contributed by atoms with Crippen molar-refractivity contribution in [3.63, 3.8) is 0 Å². The van der Waals surface area contributed by atoms with Crippen molar-refractivity contribution < 1.29 is 4.79 Å². The highest BCUT2D eigenvalue weighted by atomic mass is 32.2. The summed E-state index contributed by atoms with van der Waals surface area (Å²) >= 11 is 1.33. The summed E-state index contributed by atoms with van der Waals surface area (Å²) in [6.07, 6.45) is 0. The van der Waals surface area contributed by atoms with E-state index in [1.807, 2.05) is 47.9 Å². The number of nitrogens with zero attached hydrogens (tertiary/aromatic N) is 4. The number of carbonyl (C=O) groups excluding carboxylic acids is 1. The van der Waals surface area contributed by atoms with Gasteiger partial charge in [-0.1, -0.05) is 60.3 Å². The summed E-state index contributed by atoms with van der Waals surface area (Å²) in [5, 5.41) is 21.2. The molecule has 0 fully saturated rings. The molecule has 0 saturated heterocycles. The molecule has 0 saturated carbocycles. The minimum atomic E-state index is -0.463. The molecule has 164 valence electrons. The van der Waals surface area contributed by atoms with Gasteiger partial charge in [0.15, 0.2) is 11.0 Å². The average Bonchev–Trinajstić information content (AvgIpc) is 3.25. The lowest BCUT2D eigenvalue weighted by atomic mass is 10.1. The molecule has 1 amide bonds. The fraction of sp³-hybridized carbons (Fsp3) is 0.154. The number of carbonyl (C=O) groups is 1. The van der Waals surface area contributed by atoms with Gasteiger partial charge >= 0.3 is 0 Å². The van der Waals surface area contributed by atoms with Crippen LogP contribution in [0.4, 0.5) is 5.69 Å². The number of nitriles is 1. The Balaban J connectivity index is 1.67. The number of para-hydroxylation sites is 1. The molecule has 1 atom stereocenters. The fourth-order valence-corrected chi connectivity index (χ4v) is 4.22. The summed E-state index contributed by atoms with van der Waals surface area (Å²) in [5.41, 5.74) is 5.16. The zero-order valence-electron chi connectivity index (χ0n) is 18.6. The van der Waals surface area contributed by atoms with E-state index in [2.05, 4.69) is 47.6 Å². The number of hydrogen-bond donors (Lipinski definition) is 1. The third-order valence-corrected chi connectivity index (χ3v) is 6.41. The Morgan fingerprint density at radius 3 is 2.45 bits per heavy atom. The molecular formula is C26H23N5OS. The Bertz CT molecular complexity index is 1340. The van der Waals surface area contributed by atoms with Crippen LogP contribution in [0, 0.1) is 25.2 Å². The molecule has 4 aromatic rings. The van der Waals surface area contributed by atoms with Gasteiger partial charge in [0.2, 0.25) is 5.91 Å². The monoisotopic (exact) mass is 453 g/mol. The number of nitrogens with one attached hydrogen (secondary N) is 1. The molecule has 0 bridgehead atoms. The molecule has 1 unspecified atom stereocenters. The van der Waals surface area contributed by atoms with Gasteiger partial charge < -0.3 is 5.32 Å². The van der Waals surface area contributed by atoms with Crippen molar-refractivity contribution >= 4 is 23.4 Å². The number of amides is 1. The molecular weight excluding hydrogens is 430 g/mol. The first kappa shape index (κ1) is 22.3. The van der Waals surface area contributed by atoms with Crippen LogP contribution in [0.5, 0.6) is 0 Å². The van der Waals surface area contributed by atoms with Crippen LogP contribution in [0.2, 0.25) is 0 Å². The minimum absolute atomic E-state index is 0.210. The van der Waals surface area contributed by atoms with Crippen molar-refractivity contribution in [1.82, 2.24) is 14.8 Å². The maximum Gasteiger partial charge on any atom is 0.237 e. The van der Waals surface area contributed by atoms with Gasteiger partial charge in [-0.15, -0.1) is 10.2 Å². The molecule has 1 N–H and O–H groups in total. The molecule has 0 aliphatic carbocycles. The smallest absolute Gasteiger partial charge is 0.237 e. The SMILES string of the molecule is Cc1ccc(-n2c(SC(C)C(=O)Nc3ccccc3C#N)nnc2-c2ccccc2)cc1C. The zero-order valence-corrected chi connectivity index (χ0v) is 19.4. The van der Waals surface area contributed by atoms with Gasteiger partial charge in [-0.3, -0.25) is 9.36 Å². The van der Waals surface area contributed by atoms with Crippen molar-refractivity contribution in [2.75, 3.05) is 5.32 Å². The van der Waals surface area contributed by atoms with Gasteiger partial charge in [0.05, 0.1) is 22.2 Å². The van der Waals surface area contributed by atoms with Crippen LogP contribution in [-0.2, 0) is 4.79 Å². The van der Waals surface area contributed by atoms with E-state index < -0.39 is 5.25 Å². The summed E-state index contributed by atoms with van der Waals surface area (Å²) in [4.78, 5) is 12.9. The van der Waals surface area contributed by atoms with E-state index in [-0.39, 0.29) is 5.91 Å². The van der Waals surface area contributed by atoms with Crippen LogP contribution in [0.25, 0.3) is 17.1 Å². The van der Waals surface area contributed by atoms with Crippen LogP contribution < -0.4 is 5.32 Å². The van der Waals surface area contributed by atoms with Crippen molar-refractivity contribution in [2.24, 2.45) is 0 Å². The van der Waals surface area contributed by atoms with E-state index in [9.17, 15) is 10.1 Å². The third kappa shape index (κ3) is 4.81. The Labute approximate surface area is 197 Å². The second kappa shape index (κ2) is 9.72. The number of aromatic nitrogens is 3. The number of aryl methyl sites for hydroxylation is 2. The van der Waals surface area contributed by atoms with Crippen molar-refractivity contribution in [3.8, 4) is 23.1 Å². The van der Waals surface area contributed by atoms with Gasteiger partial charge in [-0.05, 0) is 56.2 Å². The standard InChI is InChI=1S/C26H23N5OS/c1-17-13-14-22(15-18(17)2)31-24(20-9-5-4-6-10-20)29-30-26(31)33-19(3)25(32)28-23-12-8-7-11-21(23)16-27/h4-15,19H,1-3H3,(H,28,32). The van der Waals surface area contributed by atoms with Crippen LogP contribution in [0.1, 0.15) is 23.6 Å². The van der Waals surface area contributed by atoms with Crippen molar-refractivity contribution in [1.29, 1.82) is 5.26 Å². The number of benzene rings is 3. The fourth-order valence-electron chi connectivity index (χ4n) is 3.35. The quantitative estimate of drug-likeness (QED) is 0.387. The topological polar surface area (TPSA) is 83.6 Å². The number of hydrogen-bond acceptors (Lipinski definition) is 5. The van der Waals surface area contributed by atoms with Gasteiger partial charge in [-0.25, -0.2) is 0 Å².